The van der Waals surface area contributed by atoms with E-state index in [9.17, 15) is 23.1 Å². The molecule has 0 spiro atoms. The molecule has 0 saturated carbocycles. The van der Waals surface area contributed by atoms with Crippen LogP contribution in [0.25, 0.3) is 0 Å². The Bertz CT molecular complexity index is 569. The Kier molecular flexibility index (Phi) is 5.76. The summed E-state index contributed by atoms with van der Waals surface area (Å²) in [4.78, 5) is 14.7. The van der Waals surface area contributed by atoms with Crippen molar-refractivity contribution in [1.29, 1.82) is 0 Å². The van der Waals surface area contributed by atoms with Gasteiger partial charge in [0.05, 0.1) is 18.7 Å². The predicted octanol–water partition coefficient (Wildman–Crippen LogP) is 0.979. The maximum absolute atomic E-state index is 13.1. The van der Waals surface area contributed by atoms with E-state index in [1.165, 1.54) is 0 Å². The van der Waals surface area contributed by atoms with Gasteiger partial charge in [-0.3, -0.25) is 4.79 Å². The van der Waals surface area contributed by atoms with E-state index in [1.807, 2.05) is 0 Å². The molecule has 1 aromatic heterocycles. The minimum Gasteiger partial charge on any atom is -0.491 e. The molecule has 22 heavy (non-hydrogen) atoms. The van der Waals surface area contributed by atoms with Crippen molar-refractivity contribution in [3.05, 3.63) is 21.9 Å². The highest BCUT2D eigenvalue weighted by Gasteiger charge is 2.55. The molecule has 0 radical (unpaired) electrons. The normalized spacial score (nSPS) is 14.5. The SMILES string of the molecule is CCOc1c(CC(N)=O)cc(C(O)(CN)C(F)(F)F)nc1Br. The quantitative estimate of drug-likeness (QED) is 0.632. The van der Waals surface area contributed by atoms with Crippen LogP contribution in [-0.2, 0) is 16.8 Å². The number of carbonyl (C=O) groups excluding carboxylic acids is 1. The summed E-state index contributed by atoms with van der Waals surface area (Å²) in [6.45, 7) is 0.728. The first-order valence-electron chi connectivity index (χ1n) is 6.17. The van der Waals surface area contributed by atoms with Gasteiger partial charge in [0.15, 0.2) is 5.75 Å². The van der Waals surface area contributed by atoms with Gasteiger partial charge < -0.3 is 21.3 Å². The van der Waals surface area contributed by atoms with Crippen LogP contribution in [0, 0.1) is 0 Å². The fourth-order valence-corrected chi connectivity index (χ4v) is 2.30. The summed E-state index contributed by atoms with van der Waals surface area (Å²) in [7, 11) is 0. The van der Waals surface area contributed by atoms with Gasteiger partial charge in [-0.15, -0.1) is 0 Å². The maximum Gasteiger partial charge on any atom is 0.424 e. The Morgan fingerprint density at radius 2 is 2.09 bits per heavy atom. The third-order valence-electron chi connectivity index (χ3n) is 2.85. The van der Waals surface area contributed by atoms with Gasteiger partial charge in [-0.2, -0.15) is 13.2 Å². The number of hydrogen-bond donors (Lipinski definition) is 3. The summed E-state index contributed by atoms with van der Waals surface area (Å²) in [5.74, 6) is -0.681. The first kappa shape index (κ1) is 18.7. The monoisotopic (exact) mass is 385 g/mol. The average molecular weight is 386 g/mol. The lowest BCUT2D eigenvalue weighted by molar-refractivity contribution is -0.263. The second kappa shape index (κ2) is 6.80. The van der Waals surface area contributed by atoms with Crippen LogP contribution in [0.15, 0.2) is 10.7 Å². The van der Waals surface area contributed by atoms with E-state index in [4.69, 9.17) is 16.2 Å². The van der Waals surface area contributed by atoms with Gasteiger partial charge in [-0.05, 0) is 28.9 Å². The number of nitrogens with two attached hydrogens (primary N) is 2. The van der Waals surface area contributed by atoms with Crippen molar-refractivity contribution < 1.29 is 27.8 Å². The van der Waals surface area contributed by atoms with Crippen LogP contribution >= 0.6 is 15.9 Å². The Labute approximate surface area is 132 Å². The molecule has 0 bridgehead atoms. The van der Waals surface area contributed by atoms with E-state index in [1.54, 1.807) is 6.92 Å². The molecule has 1 atom stereocenters. The molecule has 1 unspecified atom stereocenters. The number of hydrogen-bond acceptors (Lipinski definition) is 5. The van der Waals surface area contributed by atoms with Crippen LogP contribution in [-0.4, -0.2) is 35.3 Å². The topological polar surface area (TPSA) is 111 Å². The molecule has 0 aromatic carbocycles. The molecule has 1 heterocycles. The number of ether oxygens (including phenoxy) is 1. The number of primary amides is 1. The highest BCUT2D eigenvalue weighted by Crippen LogP contribution is 2.40. The van der Waals surface area contributed by atoms with E-state index in [2.05, 4.69) is 20.9 Å². The number of halogens is 4. The molecule has 10 heteroatoms. The number of alkyl halides is 3. The number of aromatic nitrogens is 1. The zero-order valence-electron chi connectivity index (χ0n) is 11.6. The van der Waals surface area contributed by atoms with Crippen LogP contribution in [0.2, 0.25) is 0 Å². The summed E-state index contributed by atoms with van der Waals surface area (Å²) >= 11 is 2.97. The summed E-state index contributed by atoms with van der Waals surface area (Å²) in [6, 6.07) is 0.918. The van der Waals surface area contributed by atoms with Gasteiger partial charge in [-0.1, -0.05) is 0 Å². The van der Waals surface area contributed by atoms with Crippen LogP contribution in [0.1, 0.15) is 18.2 Å². The number of nitrogens with zero attached hydrogens (tertiary/aromatic N) is 1. The molecule has 0 aliphatic heterocycles. The molecule has 0 saturated heterocycles. The molecule has 5 N–H and O–H groups in total. The third kappa shape index (κ3) is 3.68. The molecule has 1 amide bonds. The number of rotatable bonds is 6. The third-order valence-corrected chi connectivity index (χ3v) is 3.39. The Morgan fingerprint density at radius 1 is 1.50 bits per heavy atom. The number of amides is 1. The standard InChI is InChI=1S/C12H15BrF3N3O3/c1-2-22-9-6(4-8(18)20)3-7(19-10(9)13)11(21,5-17)12(14,15)16/h3,21H,2,4-5,17H2,1H3,(H2,18,20). The zero-order valence-corrected chi connectivity index (χ0v) is 13.2. The molecular formula is C12H15BrF3N3O3. The van der Waals surface area contributed by atoms with Gasteiger partial charge in [0, 0.05) is 12.1 Å². The molecule has 1 aromatic rings. The Morgan fingerprint density at radius 3 is 2.50 bits per heavy atom. The van der Waals surface area contributed by atoms with Crippen molar-refractivity contribution in [3.8, 4) is 5.75 Å². The zero-order chi connectivity index (χ0) is 17.1. The fraction of sp³-hybridized carbons (Fsp3) is 0.500. The van der Waals surface area contributed by atoms with Crippen LogP contribution in [0.5, 0.6) is 5.75 Å². The van der Waals surface area contributed by atoms with Gasteiger partial charge in [-0.25, -0.2) is 4.98 Å². The fourth-order valence-electron chi connectivity index (χ4n) is 1.74. The van der Waals surface area contributed by atoms with E-state index < -0.39 is 29.9 Å². The molecule has 6 nitrogen and oxygen atoms in total. The second-order valence-corrected chi connectivity index (χ2v) is 5.18. The van der Waals surface area contributed by atoms with Gasteiger partial charge in [0.25, 0.3) is 0 Å². The van der Waals surface area contributed by atoms with Crippen molar-refractivity contribution in [2.75, 3.05) is 13.2 Å². The van der Waals surface area contributed by atoms with E-state index in [-0.39, 0.29) is 28.9 Å². The van der Waals surface area contributed by atoms with E-state index in [0.29, 0.717) is 0 Å². The second-order valence-electron chi connectivity index (χ2n) is 4.42. The summed E-state index contributed by atoms with van der Waals surface area (Å²) in [6.07, 6.45) is -5.41. The first-order valence-corrected chi connectivity index (χ1v) is 6.96. The van der Waals surface area contributed by atoms with Gasteiger partial charge >= 0.3 is 6.18 Å². The first-order chi connectivity index (χ1) is 10.1. The largest absolute Gasteiger partial charge is 0.491 e. The smallest absolute Gasteiger partial charge is 0.424 e. The highest BCUT2D eigenvalue weighted by atomic mass is 79.9. The van der Waals surface area contributed by atoms with E-state index in [0.717, 1.165) is 6.07 Å². The number of aliphatic hydroxyl groups is 1. The Hall–Kier alpha value is -1.39. The van der Waals surface area contributed by atoms with Crippen LogP contribution in [0.4, 0.5) is 13.2 Å². The Balaban J connectivity index is 3.51. The van der Waals surface area contributed by atoms with Crippen molar-refractivity contribution in [1.82, 2.24) is 4.98 Å². The predicted molar refractivity (Wildman–Crippen MR) is 75.0 cm³/mol. The van der Waals surface area contributed by atoms with Crippen molar-refractivity contribution >= 4 is 21.8 Å². The minimum absolute atomic E-state index is 0.0716. The number of carbonyl (C=O) groups is 1. The van der Waals surface area contributed by atoms with Crippen LogP contribution in [0.3, 0.4) is 0 Å². The maximum atomic E-state index is 13.1. The lowest BCUT2D eigenvalue weighted by Crippen LogP contribution is -2.49. The molecule has 124 valence electrons. The summed E-state index contributed by atoms with van der Waals surface area (Å²) < 4.78 is 44.3. The molecule has 0 fully saturated rings. The van der Waals surface area contributed by atoms with Crippen LogP contribution < -0.4 is 16.2 Å². The summed E-state index contributed by atoms with van der Waals surface area (Å²) in [5, 5.41) is 9.84. The lowest BCUT2D eigenvalue weighted by atomic mass is 9.96. The number of pyridine rings is 1. The van der Waals surface area contributed by atoms with Crippen molar-refractivity contribution in [3.63, 3.8) is 0 Å². The minimum atomic E-state index is -5.04. The van der Waals surface area contributed by atoms with E-state index >= 15 is 0 Å². The average Bonchev–Trinajstić information content (AvgIpc) is 2.39. The van der Waals surface area contributed by atoms with Crippen molar-refractivity contribution in [2.45, 2.75) is 25.1 Å². The summed E-state index contributed by atoms with van der Waals surface area (Å²) in [5.41, 5.74) is 6.14. The molecule has 0 aliphatic carbocycles. The highest BCUT2D eigenvalue weighted by molar-refractivity contribution is 9.10. The van der Waals surface area contributed by atoms with Crippen molar-refractivity contribution in [2.24, 2.45) is 11.5 Å². The van der Waals surface area contributed by atoms with Gasteiger partial charge in [0.2, 0.25) is 11.5 Å². The molecule has 1 rings (SSSR count). The molecular weight excluding hydrogens is 371 g/mol. The van der Waals surface area contributed by atoms with Gasteiger partial charge in [0.1, 0.15) is 4.60 Å². The molecule has 0 aliphatic rings. The lowest BCUT2D eigenvalue weighted by Gasteiger charge is -2.29.